The summed E-state index contributed by atoms with van der Waals surface area (Å²) in [7, 11) is 7.64. The van der Waals surface area contributed by atoms with E-state index in [-0.39, 0.29) is 29.9 Å². The Kier molecular flexibility index (Phi) is 12.0. The first kappa shape index (κ1) is 34.4. The van der Waals surface area contributed by atoms with Crippen molar-refractivity contribution >= 4 is 40.6 Å². The molecule has 0 aliphatic carbocycles. The van der Waals surface area contributed by atoms with Gasteiger partial charge in [0.1, 0.15) is 12.4 Å². The Balaban J connectivity index is 2.05. The average Bonchev–Trinajstić information content (AvgIpc) is 2.90. The molecule has 0 spiro atoms. The molecule has 0 unspecified atom stereocenters. The lowest BCUT2D eigenvalue weighted by Crippen LogP contribution is -2.22. The van der Waals surface area contributed by atoms with Gasteiger partial charge < -0.3 is 19.9 Å². The lowest BCUT2D eigenvalue weighted by molar-refractivity contribution is -0.137. The number of Topliss-reactive ketones (excluding diaryl/α,β-unsaturated/α-hetero) is 1. The van der Waals surface area contributed by atoms with Crippen LogP contribution in [0.25, 0.3) is 0 Å². The smallest absolute Gasteiger partial charge is 0.417 e. The summed E-state index contributed by atoms with van der Waals surface area (Å²) in [6.07, 6.45) is -3.79. The fourth-order valence-electron chi connectivity index (χ4n) is 4.43. The van der Waals surface area contributed by atoms with Crippen LogP contribution in [0.3, 0.4) is 0 Å². The zero-order valence-electron chi connectivity index (χ0n) is 24.9. The first-order chi connectivity index (χ1) is 20.1. The van der Waals surface area contributed by atoms with Gasteiger partial charge in [0.25, 0.3) is 5.91 Å². The highest BCUT2D eigenvalue weighted by molar-refractivity contribution is 6.31. The molecule has 0 radical (unpaired) electrons. The number of likely N-dealkylation sites (N-methyl/N-ethyl adjacent to an activating group) is 1. The van der Waals surface area contributed by atoms with E-state index in [9.17, 15) is 22.8 Å². The zero-order chi connectivity index (χ0) is 31.9. The van der Waals surface area contributed by atoms with Crippen molar-refractivity contribution in [2.45, 2.75) is 32.4 Å². The van der Waals surface area contributed by atoms with Crippen molar-refractivity contribution in [3.63, 3.8) is 0 Å². The molecular weight excluding hydrogens is 602 g/mol. The second-order valence-electron chi connectivity index (χ2n) is 10.9. The number of benzene rings is 3. The van der Waals surface area contributed by atoms with E-state index >= 15 is 0 Å². The number of ether oxygens (including phenoxy) is 1. The standard InChI is InChI=1S/C32H36Cl2F3N3O3/c1-20-15-24(9-11-26(20)33)38-31(42)30-22(7-6-12-39(2)3)18-23(19-29(30)43-14-13-40(4)5)28(41)17-21-8-10-27(34)25(16-21)32(35,36)37/h8-11,15-16,18-19H,6-7,12-14,17H2,1-5H3,(H,38,42). The van der Waals surface area contributed by atoms with Gasteiger partial charge in [-0.15, -0.1) is 0 Å². The summed E-state index contributed by atoms with van der Waals surface area (Å²) in [5, 5.41) is 3.05. The Hall–Kier alpha value is -3.11. The SMILES string of the molecule is Cc1cc(NC(=O)c2c(CCCN(C)C)cc(C(=O)Cc3ccc(Cl)c(C(F)(F)F)c3)cc2OCCN(C)C)ccc1Cl. The molecule has 43 heavy (non-hydrogen) atoms. The van der Waals surface area contributed by atoms with E-state index in [2.05, 4.69) is 5.32 Å². The highest BCUT2D eigenvalue weighted by Gasteiger charge is 2.33. The third-order valence-corrected chi connectivity index (χ3v) is 7.45. The molecule has 1 N–H and O–H groups in total. The van der Waals surface area contributed by atoms with E-state index in [4.69, 9.17) is 27.9 Å². The van der Waals surface area contributed by atoms with E-state index in [1.165, 1.54) is 12.1 Å². The first-order valence-electron chi connectivity index (χ1n) is 13.7. The predicted molar refractivity (Wildman–Crippen MR) is 166 cm³/mol. The largest absolute Gasteiger partial charge is 0.491 e. The lowest BCUT2D eigenvalue weighted by Gasteiger charge is -2.19. The molecule has 0 saturated carbocycles. The van der Waals surface area contributed by atoms with Crippen molar-refractivity contribution in [3.05, 3.63) is 92.0 Å². The molecule has 6 nitrogen and oxygen atoms in total. The maximum absolute atomic E-state index is 13.7. The van der Waals surface area contributed by atoms with E-state index < -0.39 is 28.5 Å². The van der Waals surface area contributed by atoms with Crippen molar-refractivity contribution in [1.82, 2.24) is 9.80 Å². The number of rotatable bonds is 13. The number of hydrogen-bond donors (Lipinski definition) is 1. The van der Waals surface area contributed by atoms with Crippen LogP contribution in [0.4, 0.5) is 18.9 Å². The van der Waals surface area contributed by atoms with Crippen molar-refractivity contribution < 1.29 is 27.5 Å². The van der Waals surface area contributed by atoms with Crippen LogP contribution in [0.5, 0.6) is 5.75 Å². The van der Waals surface area contributed by atoms with Gasteiger partial charge >= 0.3 is 6.18 Å². The van der Waals surface area contributed by atoms with Crippen molar-refractivity contribution in [2.75, 3.05) is 53.2 Å². The number of amides is 1. The highest BCUT2D eigenvalue weighted by atomic mass is 35.5. The van der Waals surface area contributed by atoms with Gasteiger partial charge in [-0.1, -0.05) is 29.3 Å². The number of nitrogens with zero attached hydrogens (tertiary/aromatic N) is 2. The van der Waals surface area contributed by atoms with Crippen LogP contribution in [0.2, 0.25) is 10.0 Å². The van der Waals surface area contributed by atoms with Crippen LogP contribution in [0, 0.1) is 6.92 Å². The number of alkyl halides is 3. The monoisotopic (exact) mass is 637 g/mol. The number of carbonyl (C=O) groups excluding carboxylic acids is 2. The molecule has 0 fully saturated rings. The Labute approximate surface area is 260 Å². The minimum Gasteiger partial charge on any atom is -0.491 e. The number of anilines is 1. The number of aryl methyl sites for hydroxylation is 2. The minimum absolute atomic E-state index is 0.172. The number of halogens is 5. The average molecular weight is 639 g/mol. The molecule has 232 valence electrons. The summed E-state index contributed by atoms with van der Waals surface area (Å²) in [6.45, 7) is 3.36. The minimum atomic E-state index is -4.65. The zero-order valence-corrected chi connectivity index (χ0v) is 26.4. The van der Waals surface area contributed by atoms with Gasteiger partial charge in [-0.3, -0.25) is 9.59 Å². The van der Waals surface area contributed by atoms with Gasteiger partial charge in [0, 0.05) is 29.2 Å². The molecule has 11 heteroatoms. The van der Waals surface area contributed by atoms with Gasteiger partial charge in [0.15, 0.2) is 5.78 Å². The fourth-order valence-corrected chi connectivity index (χ4v) is 4.77. The van der Waals surface area contributed by atoms with Crippen molar-refractivity contribution in [2.24, 2.45) is 0 Å². The molecule has 0 aliphatic heterocycles. The maximum atomic E-state index is 13.7. The predicted octanol–water partition coefficient (Wildman–Crippen LogP) is 7.43. The second-order valence-corrected chi connectivity index (χ2v) is 11.7. The van der Waals surface area contributed by atoms with Gasteiger partial charge in [-0.25, -0.2) is 0 Å². The van der Waals surface area contributed by atoms with Gasteiger partial charge in [-0.2, -0.15) is 13.2 Å². The number of carbonyl (C=O) groups is 2. The van der Waals surface area contributed by atoms with E-state index in [0.29, 0.717) is 41.2 Å². The van der Waals surface area contributed by atoms with Crippen molar-refractivity contribution in [3.8, 4) is 5.75 Å². The van der Waals surface area contributed by atoms with Crippen molar-refractivity contribution in [1.29, 1.82) is 0 Å². The molecule has 1 amide bonds. The topological polar surface area (TPSA) is 61.9 Å². The molecule has 0 aliphatic rings. The highest BCUT2D eigenvalue weighted by Crippen LogP contribution is 2.36. The summed E-state index contributed by atoms with van der Waals surface area (Å²) in [4.78, 5) is 31.1. The Morgan fingerprint density at radius 3 is 2.21 bits per heavy atom. The quantitative estimate of drug-likeness (QED) is 0.197. The molecular formula is C32H36Cl2F3N3O3. The maximum Gasteiger partial charge on any atom is 0.417 e. The second kappa shape index (κ2) is 15.1. The number of hydrogen-bond acceptors (Lipinski definition) is 5. The normalized spacial score (nSPS) is 11.7. The van der Waals surface area contributed by atoms with E-state index in [1.54, 1.807) is 24.3 Å². The fraction of sp³-hybridized carbons (Fsp3) is 0.375. The third-order valence-electron chi connectivity index (χ3n) is 6.70. The molecule has 3 aromatic carbocycles. The molecule has 0 saturated heterocycles. The molecule has 0 bridgehead atoms. The summed E-state index contributed by atoms with van der Waals surface area (Å²) in [5.41, 5.74) is 1.66. The molecule has 0 atom stereocenters. The lowest BCUT2D eigenvalue weighted by atomic mass is 9.94. The third kappa shape index (κ3) is 9.96. The van der Waals surface area contributed by atoms with Crippen LogP contribution in [-0.4, -0.2) is 69.4 Å². The van der Waals surface area contributed by atoms with Gasteiger partial charge in [0.2, 0.25) is 0 Å². The van der Waals surface area contributed by atoms with Crippen LogP contribution in [0.15, 0.2) is 48.5 Å². The molecule has 3 aromatic rings. The summed E-state index contributed by atoms with van der Waals surface area (Å²) in [5.74, 6) is -0.599. The summed E-state index contributed by atoms with van der Waals surface area (Å²) >= 11 is 11.9. The van der Waals surface area contributed by atoms with Crippen LogP contribution >= 0.6 is 23.2 Å². The number of ketones is 1. The number of nitrogens with one attached hydrogen (secondary N) is 1. The van der Waals surface area contributed by atoms with Gasteiger partial charge in [0.05, 0.1) is 16.1 Å². The van der Waals surface area contributed by atoms with Crippen LogP contribution in [0.1, 0.15) is 49.4 Å². The Bertz CT molecular complexity index is 1420. The van der Waals surface area contributed by atoms with E-state index in [0.717, 1.165) is 24.2 Å². The molecule has 0 aromatic heterocycles. The molecule has 3 rings (SSSR count). The summed E-state index contributed by atoms with van der Waals surface area (Å²) < 4.78 is 46.4. The van der Waals surface area contributed by atoms with E-state index in [1.807, 2.05) is 44.9 Å². The molecule has 0 heterocycles. The Morgan fingerprint density at radius 2 is 1.58 bits per heavy atom. The first-order valence-corrected chi connectivity index (χ1v) is 14.5. The van der Waals surface area contributed by atoms with Crippen LogP contribution < -0.4 is 10.1 Å². The van der Waals surface area contributed by atoms with Crippen LogP contribution in [-0.2, 0) is 19.0 Å². The van der Waals surface area contributed by atoms with Gasteiger partial charge in [-0.05, 0) is 114 Å². The Morgan fingerprint density at radius 1 is 0.907 bits per heavy atom. The summed E-state index contributed by atoms with van der Waals surface area (Å²) in [6, 6.07) is 11.7.